The average Bonchev–Trinajstić information content (AvgIpc) is 3.10. The maximum absolute atomic E-state index is 8.16. The van der Waals surface area contributed by atoms with Crippen molar-refractivity contribution in [2.24, 2.45) is 0 Å². The number of benzene rings is 1. The highest BCUT2D eigenvalue weighted by Crippen LogP contribution is 2.21. The van der Waals surface area contributed by atoms with Crippen LogP contribution in [0.1, 0.15) is 6.92 Å². The van der Waals surface area contributed by atoms with Gasteiger partial charge in [0.25, 0.3) is 5.62 Å². The molecule has 1 saturated heterocycles. The molecule has 0 amide bonds. The monoisotopic (exact) mass is 355 g/mol. The predicted molar refractivity (Wildman–Crippen MR) is 96.0 cm³/mol. The number of hydrogen-bond acceptors (Lipinski definition) is 7. The zero-order chi connectivity index (χ0) is 18.1. The van der Waals surface area contributed by atoms with Crippen LogP contribution in [0.2, 0.25) is 0 Å². The van der Waals surface area contributed by atoms with Gasteiger partial charge in [0.15, 0.2) is 17.7 Å². The molecular formula is C17H21N7O2. The summed E-state index contributed by atoms with van der Waals surface area (Å²) in [6.07, 6.45) is -0.258. The SMILES string of the molecule is CC(On1c(N)c2[nH]c(-c3ccccc3)nc2nc1=N)N1CCOCC1. The first-order chi connectivity index (χ1) is 12.6. The van der Waals surface area contributed by atoms with Gasteiger partial charge in [-0.2, -0.15) is 4.98 Å². The smallest absolute Gasteiger partial charge is 0.260 e. The quantitative estimate of drug-likeness (QED) is 0.630. The number of nitrogens with two attached hydrogens (primary N) is 1. The fourth-order valence-corrected chi connectivity index (χ4v) is 2.98. The molecule has 9 nitrogen and oxygen atoms in total. The number of H-pyrrole nitrogens is 1. The van der Waals surface area contributed by atoms with Crippen molar-refractivity contribution >= 4 is 17.0 Å². The molecule has 26 heavy (non-hydrogen) atoms. The van der Waals surface area contributed by atoms with Gasteiger partial charge in [0.1, 0.15) is 11.3 Å². The number of fused-ring (bicyclic) bond motifs is 1. The van der Waals surface area contributed by atoms with Crippen molar-refractivity contribution in [2.45, 2.75) is 13.2 Å². The summed E-state index contributed by atoms with van der Waals surface area (Å²) in [5, 5.41) is 8.16. The molecule has 3 heterocycles. The van der Waals surface area contributed by atoms with E-state index in [0.717, 1.165) is 18.7 Å². The van der Waals surface area contributed by atoms with Crippen molar-refractivity contribution in [3.05, 3.63) is 36.0 Å². The number of hydrogen-bond donors (Lipinski definition) is 3. The van der Waals surface area contributed by atoms with Crippen molar-refractivity contribution in [3.63, 3.8) is 0 Å². The Bertz CT molecular complexity index is 960. The van der Waals surface area contributed by atoms with Crippen LogP contribution >= 0.6 is 0 Å². The highest BCUT2D eigenvalue weighted by Gasteiger charge is 2.21. The molecule has 0 aliphatic carbocycles. The first-order valence-corrected chi connectivity index (χ1v) is 8.50. The fraction of sp³-hybridized carbons (Fsp3) is 0.353. The number of nitrogens with one attached hydrogen (secondary N) is 2. The van der Waals surface area contributed by atoms with Crippen LogP contribution in [0.3, 0.4) is 0 Å². The molecule has 1 aliphatic heterocycles. The number of ether oxygens (including phenoxy) is 1. The lowest BCUT2D eigenvalue weighted by atomic mass is 10.2. The lowest BCUT2D eigenvalue weighted by Crippen LogP contribution is -2.49. The molecule has 0 spiro atoms. The molecule has 9 heteroatoms. The Morgan fingerprint density at radius 1 is 1.23 bits per heavy atom. The van der Waals surface area contributed by atoms with Gasteiger partial charge in [-0.25, -0.2) is 4.98 Å². The van der Waals surface area contributed by atoms with Crippen LogP contribution in [-0.4, -0.2) is 57.1 Å². The van der Waals surface area contributed by atoms with E-state index in [1.807, 2.05) is 37.3 Å². The molecule has 1 aromatic carbocycles. The minimum atomic E-state index is -0.258. The van der Waals surface area contributed by atoms with Gasteiger partial charge in [0.05, 0.1) is 13.2 Å². The lowest BCUT2D eigenvalue weighted by molar-refractivity contribution is -0.0928. The summed E-state index contributed by atoms with van der Waals surface area (Å²) in [7, 11) is 0. The van der Waals surface area contributed by atoms with Gasteiger partial charge in [-0.3, -0.25) is 10.3 Å². The van der Waals surface area contributed by atoms with Crippen LogP contribution in [-0.2, 0) is 4.74 Å². The number of morpholine rings is 1. The van der Waals surface area contributed by atoms with Crippen LogP contribution < -0.4 is 16.2 Å². The van der Waals surface area contributed by atoms with E-state index < -0.39 is 0 Å². The maximum Gasteiger partial charge on any atom is 0.260 e. The largest absolute Gasteiger partial charge is 0.390 e. The molecular weight excluding hydrogens is 334 g/mol. The first kappa shape index (κ1) is 16.6. The molecule has 1 unspecified atom stereocenters. The Kier molecular flexibility index (Phi) is 4.31. The predicted octanol–water partition coefficient (Wildman–Crippen LogP) is 0.595. The molecule has 2 aromatic heterocycles. The second-order valence-corrected chi connectivity index (χ2v) is 6.12. The molecule has 1 aliphatic rings. The number of aromatic amines is 1. The first-order valence-electron chi connectivity index (χ1n) is 8.50. The summed E-state index contributed by atoms with van der Waals surface area (Å²) >= 11 is 0. The Hall–Kier alpha value is -2.91. The van der Waals surface area contributed by atoms with Crippen molar-refractivity contribution in [1.82, 2.24) is 24.6 Å². The second kappa shape index (κ2) is 6.77. The van der Waals surface area contributed by atoms with Crippen molar-refractivity contribution in [3.8, 4) is 11.4 Å². The third kappa shape index (κ3) is 3.02. The number of anilines is 1. The number of rotatable bonds is 4. The Morgan fingerprint density at radius 2 is 1.96 bits per heavy atom. The molecule has 0 radical (unpaired) electrons. The third-order valence-electron chi connectivity index (χ3n) is 4.43. The van der Waals surface area contributed by atoms with E-state index in [1.54, 1.807) is 0 Å². The van der Waals surface area contributed by atoms with E-state index in [-0.39, 0.29) is 17.7 Å². The third-order valence-corrected chi connectivity index (χ3v) is 4.43. The highest BCUT2D eigenvalue weighted by molar-refractivity contribution is 5.84. The van der Waals surface area contributed by atoms with Gasteiger partial charge < -0.3 is 20.3 Å². The topological polar surface area (TPSA) is 118 Å². The Labute approximate surface area is 149 Å². The molecule has 0 saturated carbocycles. The van der Waals surface area contributed by atoms with E-state index >= 15 is 0 Å². The summed E-state index contributed by atoms with van der Waals surface area (Å²) in [4.78, 5) is 19.9. The number of nitrogen functional groups attached to an aromatic ring is 1. The van der Waals surface area contributed by atoms with E-state index in [0.29, 0.717) is 30.2 Å². The van der Waals surface area contributed by atoms with Crippen LogP contribution in [0.4, 0.5) is 5.82 Å². The summed E-state index contributed by atoms with van der Waals surface area (Å²) in [5.74, 6) is 0.924. The van der Waals surface area contributed by atoms with Crippen molar-refractivity contribution < 1.29 is 9.57 Å². The molecule has 0 bridgehead atoms. The van der Waals surface area contributed by atoms with Crippen molar-refractivity contribution in [2.75, 3.05) is 32.0 Å². The highest BCUT2D eigenvalue weighted by atomic mass is 16.7. The van der Waals surface area contributed by atoms with E-state index in [9.17, 15) is 0 Å². The zero-order valence-electron chi connectivity index (χ0n) is 14.5. The summed E-state index contributed by atoms with van der Waals surface area (Å²) in [6, 6.07) is 9.70. The maximum atomic E-state index is 8.16. The van der Waals surface area contributed by atoms with Gasteiger partial charge >= 0.3 is 0 Å². The molecule has 4 N–H and O–H groups in total. The zero-order valence-corrected chi connectivity index (χ0v) is 14.5. The molecule has 3 aromatic rings. The minimum absolute atomic E-state index is 0.0961. The molecule has 1 atom stereocenters. The van der Waals surface area contributed by atoms with E-state index in [1.165, 1.54) is 4.73 Å². The minimum Gasteiger partial charge on any atom is -0.390 e. The Morgan fingerprint density at radius 3 is 2.69 bits per heavy atom. The lowest BCUT2D eigenvalue weighted by Gasteiger charge is -2.32. The number of nitrogens with zero attached hydrogens (tertiary/aromatic N) is 4. The van der Waals surface area contributed by atoms with Crippen molar-refractivity contribution in [1.29, 1.82) is 5.41 Å². The summed E-state index contributed by atoms with van der Waals surface area (Å²) in [5.41, 5.74) is 8.02. The summed E-state index contributed by atoms with van der Waals surface area (Å²) in [6.45, 7) is 4.79. The van der Waals surface area contributed by atoms with E-state index in [2.05, 4.69) is 19.9 Å². The number of imidazole rings is 1. The average molecular weight is 355 g/mol. The second-order valence-electron chi connectivity index (χ2n) is 6.12. The standard InChI is InChI=1S/C17H21N7O2/c1-11(23-7-9-25-10-8-23)26-24-14(18)13-16(22-17(24)19)21-15(20-13)12-5-3-2-4-6-12/h2-6,11H,7-10,18H2,1H3,(H2,19,20,21,22). The van der Waals surface area contributed by atoms with E-state index in [4.69, 9.17) is 20.7 Å². The van der Waals surface area contributed by atoms with Crippen LogP contribution in [0.5, 0.6) is 0 Å². The van der Waals surface area contributed by atoms with Gasteiger partial charge in [0.2, 0.25) is 0 Å². The van der Waals surface area contributed by atoms with Crippen LogP contribution in [0.15, 0.2) is 30.3 Å². The Balaban J connectivity index is 1.68. The summed E-state index contributed by atoms with van der Waals surface area (Å²) < 4.78 is 6.60. The normalized spacial score (nSPS) is 16.7. The molecule has 1 fully saturated rings. The van der Waals surface area contributed by atoms with Gasteiger partial charge in [0, 0.05) is 18.7 Å². The molecule has 4 rings (SSSR count). The van der Waals surface area contributed by atoms with Gasteiger partial charge in [-0.15, -0.1) is 4.73 Å². The van der Waals surface area contributed by atoms with Gasteiger partial charge in [-0.1, -0.05) is 30.3 Å². The van der Waals surface area contributed by atoms with Gasteiger partial charge in [-0.05, 0) is 6.92 Å². The van der Waals surface area contributed by atoms with Crippen LogP contribution in [0.25, 0.3) is 22.6 Å². The fourth-order valence-electron chi connectivity index (χ4n) is 2.98. The van der Waals surface area contributed by atoms with Crippen LogP contribution in [0, 0.1) is 5.41 Å². The number of aromatic nitrogens is 4. The molecule has 136 valence electrons.